The van der Waals surface area contributed by atoms with Gasteiger partial charge in [-0.25, -0.2) is 4.79 Å². The van der Waals surface area contributed by atoms with Gasteiger partial charge in [0.05, 0.1) is 11.8 Å². The van der Waals surface area contributed by atoms with E-state index in [-0.39, 0.29) is 17.9 Å². The van der Waals surface area contributed by atoms with E-state index in [4.69, 9.17) is 5.11 Å². The van der Waals surface area contributed by atoms with E-state index in [2.05, 4.69) is 5.32 Å². The summed E-state index contributed by atoms with van der Waals surface area (Å²) in [7, 11) is 0. The zero-order valence-corrected chi connectivity index (χ0v) is 14.0. The number of amides is 3. The zero-order valence-electron chi connectivity index (χ0n) is 14.0. The number of urea groups is 1. The zero-order chi connectivity index (χ0) is 17.0. The molecule has 2 fully saturated rings. The molecule has 3 unspecified atom stereocenters. The minimum Gasteiger partial charge on any atom is -0.481 e. The Hall–Kier alpha value is -1.79. The Morgan fingerprint density at radius 1 is 1.04 bits per heavy atom. The van der Waals surface area contributed by atoms with Crippen LogP contribution in [-0.2, 0) is 9.59 Å². The largest absolute Gasteiger partial charge is 0.481 e. The fraction of sp³-hybridized carbons (Fsp3) is 0.812. The monoisotopic (exact) mass is 325 g/mol. The quantitative estimate of drug-likeness (QED) is 0.811. The van der Waals surface area contributed by atoms with Gasteiger partial charge in [0.15, 0.2) is 0 Å². The second kappa shape index (κ2) is 7.66. The summed E-state index contributed by atoms with van der Waals surface area (Å²) in [5, 5.41) is 11.8. The third kappa shape index (κ3) is 4.36. The van der Waals surface area contributed by atoms with Crippen molar-refractivity contribution in [2.24, 2.45) is 11.8 Å². The normalized spacial score (nSPS) is 24.2. The molecule has 0 radical (unpaired) electrons. The average molecular weight is 325 g/mol. The first-order valence-corrected chi connectivity index (χ1v) is 8.47. The second-order valence-corrected chi connectivity index (χ2v) is 6.69. The highest BCUT2D eigenvalue weighted by Crippen LogP contribution is 2.20. The molecule has 3 amide bonds. The molecule has 2 aliphatic heterocycles. The van der Waals surface area contributed by atoms with Crippen molar-refractivity contribution in [3.05, 3.63) is 0 Å². The summed E-state index contributed by atoms with van der Waals surface area (Å²) >= 11 is 0. The highest BCUT2D eigenvalue weighted by atomic mass is 16.4. The van der Waals surface area contributed by atoms with E-state index in [1.54, 1.807) is 18.7 Å². The van der Waals surface area contributed by atoms with Crippen molar-refractivity contribution in [3.8, 4) is 0 Å². The van der Waals surface area contributed by atoms with E-state index in [1.165, 1.54) is 0 Å². The Labute approximate surface area is 137 Å². The molecule has 0 bridgehead atoms. The molecule has 7 heteroatoms. The van der Waals surface area contributed by atoms with Gasteiger partial charge in [-0.2, -0.15) is 0 Å². The maximum absolute atomic E-state index is 12.4. The molecule has 2 saturated heterocycles. The van der Waals surface area contributed by atoms with Crippen LogP contribution in [0, 0.1) is 11.8 Å². The summed E-state index contributed by atoms with van der Waals surface area (Å²) in [6, 6.07) is -0.392. The standard InChI is InChI=1S/C16H27N3O4/c1-11(15(21)22)12(2)17-14(20)13-6-5-9-19(10-13)16(23)18-7-3-4-8-18/h11-13H,3-10H2,1-2H3,(H,17,20)(H,21,22). The lowest BCUT2D eigenvalue weighted by molar-refractivity contribution is -0.142. The molecule has 2 aliphatic rings. The lowest BCUT2D eigenvalue weighted by Gasteiger charge is -2.35. The van der Waals surface area contributed by atoms with Crippen LogP contribution in [0.2, 0.25) is 0 Å². The molecule has 3 atom stereocenters. The van der Waals surface area contributed by atoms with E-state index < -0.39 is 17.9 Å². The topological polar surface area (TPSA) is 90.0 Å². The molecule has 2 rings (SSSR count). The molecule has 0 spiro atoms. The van der Waals surface area contributed by atoms with Gasteiger partial charge >= 0.3 is 12.0 Å². The minimum absolute atomic E-state index is 0.0342. The van der Waals surface area contributed by atoms with Gasteiger partial charge in [0.1, 0.15) is 0 Å². The van der Waals surface area contributed by atoms with Crippen LogP contribution < -0.4 is 5.32 Å². The predicted molar refractivity (Wildman–Crippen MR) is 84.9 cm³/mol. The van der Waals surface area contributed by atoms with Crippen LogP contribution in [0.15, 0.2) is 0 Å². The summed E-state index contributed by atoms with van der Waals surface area (Å²) in [5.74, 6) is -1.96. The molecule has 0 aliphatic carbocycles. The van der Waals surface area contributed by atoms with Gasteiger partial charge in [0.25, 0.3) is 0 Å². The van der Waals surface area contributed by atoms with E-state index in [1.807, 2.05) is 4.90 Å². The van der Waals surface area contributed by atoms with Crippen molar-refractivity contribution in [1.82, 2.24) is 15.1 Å². The van der Waals surface area contributed by atoms with Crippen LogP contribution >= 0.6 is 0 Å². The summed E-state index contributed by atoms with van der Waals surface area (Å²) < 4.78 is 0. The molecular weight excluding hydrogens is 298 g/mol. The van der Waals surface area contributed by atoms with E-state index in [0.29, 0.717) is 13.1 Å². The first-order chi connectivity index (χ1) is 10.9. The number of carboxylic acids is 1. The van der Waals surface area contributed by atoms with Crippen molar-refractivity contribution in [1.29, 1.82) is 0 Å². The number of carbonyl (C=O) groups is 3. The Morgan fingerprint density at radius 3 is 2.26 bits per heavy atom. The van der Waals surface area contributed by atoms with Gasteiger partial charge in [-0.1, -0.05) is 0 Å². The number of hydrogen-bond donors (Lipinski definition) is 2. The fourth-order valence-corrected chi connectivity index (χ4v) is 3.15. The Bertz CT molecular complexity index is 462. The van der Waals surface area contributed by atoms with Gasteiger partial charge in [-0.05, 0) is 39.5 Å². The second-order valence-electron chi connectivity index (χ2n) is 6.69. The van der Waals surface area contributed by atoms with Crippen molar-refractivity contribution < 1.29 is 19.5 Å². The number of piperidine rings is 1. The van der Waals surface area contributed by atoms with Crippen LogP contribution in [0.4, 0.5) is 4.79 Å². The van der Waals surface area contributed by atoms with Crippen LogP contribution in [-0.4, -0.2) is 65.0 Å². The number of carboxylic acid groups (broad SMARTS) is 1. The maximum atomic E-state index is 12.4. The van der Waals surface area contributed by atoms with Crippen molar-refractivity contribution in [3.63, 3.8) is 0 Å². The van der Waals surface area contributed by atoms with Crippen LogP contribution in [0.25, 0.3) is 0 Å². The first kappa shape index (κ1) is 17.6. The van der Waals surface area contributed by atoms with Crippen molar-refractivity contribution in [2.75, 3.05) is 26.2 Å². The lowest BCUT2D eigenvalue weighted by atomic mass is 9.96. The number of rotatable bonds is 4. The molecular formula is C16H27N3O4. The van der Waals surface area contributed by atoms with E-state index in [9.17, 15) is 14.4 Å². The summed E-state index contributed by atoms with van der Waals surface area (Å²) in [5.41, 5.74) is 0. The number of nitrogens with zero attached hydrogens (tertiary/aromatic N) is 2. The van der Waals surface area contributed by atoms with Gasteiger partial charge < -0.3 is 20.2 Å². The molecule has 130 valence electrons. The fourth-order valence-electron chi connectivity index (χ4n) is 3.15. The Kier molecular flexibility index (Phi) is 5.85. The molecule has 0 aromatic rings. The molecule has 0 aromatic carbocycles. The number of carbonyl (C=O) groups excluding carboxylic acids is 2. The van der Waals surface area contributed by atoms with Gasteiger partial charge in [0.2, 0.25) is 5.91 Å². The van der Waals surface area contributed by atoms with E-state index in [0.717, 1.165) is 38.8 Å². The number of likely N-dealkylation sites (tertiary alicyclic amines) is 2. The van der Waals surface area contributed by atoms with Gasteiger partial charge in [-0.15, -0.1) is 0 Å². The number of nitrogens with one attached hydrogen (secondary N) is 1. The lowest BCUT2D eigenvalue weighted by Crippen LogP contribution is -2.51. The third-order valence-corrected chi connectivity index (χ3v) is 4.95. The SMILES string of the molecule is CC(NC(=O)C1CCCN(C(=O)N2CCCC2)C1)C(C)C(=O)O. The summed E-state index contributed by atoms with van der Waals surface area (Å²) in [6.45, 7) is 6.01. The van der Waals surface area contributed by atoms with Crippen LogP contribution in [0.3, 0.4) is 0 Å². The van der Waals surface area contributed by atoms with Crippen molar-refractivity contribution >= 4 is 17.9 Å². The smallest absolute Gasteiger partial charge is 0.320 e. The number of hydrogen-bond acceptors (Lipinski definition) is 3. The number of aliphatic carboxylic acids is 1. The highest BCUT2D eigenvalue weighted by Gasteiger charge is 2.32. The molecule has 7 nitrogen and oxygen atoms in total. The average Bonchev–Trinajstić information content (AvgIpc) is 3.07. The van der Waals surface area contributed by atoms with E-state index >= 15 is 0 Å². The maximum Gasteiger partial charge on any atom is 0.320 e. The van der Waals surface area contributed by atoms with Gasteiger partial charge in [0, 0.05) is 32.2 Å². The Balaban J connectivity index is 1.88. The Morgan fingerprint density at radius 2 is 1.65 bits per heavy atom. The van der Waals surface area contributed by atoms with Gasteiger partial charge in [-0.3, -0.25) is 9.59 Å². The summed E-state index contributed by atoms with van der Waals surface area (Å²) in [6.07, 6.45) is 3.65. The summed E-state index contributed by atoms with van der Waals surface area (Å²) in [4.78, 5) is 39.4. The molecule has 2 N–H and O–H groups in total. The molecule has 0 saturated carbocycles. The third-order valence-electron chi connectivity index (χ3n) is 4.95. The molecule has 23 heavy (non-hydrogen) atoms. The predicted octanol–water partition coefficient (Wildman–Crippen LogP) is 1.14. The van der Waals surface area contributed by atoms with Crippen molar-refractivity contribution in [2.45, 2.75) is 45.6 Å². The highest BCUT2D eigenvalue weighted by molar-refractivity contribution is 5.82. The van der Waals surface area contributed by atoms with Crippen LogP contribution in [0.1, 0.15) is 39.5 Å². The molecule has 2 heterocycles. The molecule has 0 aromatic heterocycles. The minimum atomic E-state index is -0.924. The first-order valence-electron chi connectivity index (χ1n) is 8.47. The van der Waals surface area contributed by atoms with Crippen LogP contribution in [0.5, 0.6) is 0 Å².